The molecule has 4 rings (SSSR count). The Balaban J connectivity index is 1.66. The number of aromatic amines is 1. The van der Waals surface area contributed by atoms with E-state index >= 15 is 0 Å². The zero-order valence-corrected chi connectivity index (χ0v) is 15.3. The number of hydrogen-bond donors (Lipinski definition) is 1. The van der Waals surface area contributed by atoms with Crippen molar-refractivity contribution in [3.8, 4) is 11.3 Å². The number of alkyl halides is 3. The average Bonchev–Trinajstić information content (AvgIpc) is 3.10. The molecular weight excluding hydrogens is 391 g/mol. The number of fused-ring (bicyclic) bond motifs is 1. The summed E-state index contributed by atoms with van der Waals surface area (Å²) in [6, 6.07) is 12.0. The molecule has 3 aromatic rings. The second kappa shape index (κ2) is 6.98. The van der Waals surface area contributed by atoms with E-state index in [1.54, 1.807) is 12.1 Å². The first kappa shape index (κ1) is 18.6. The minimum atomic E-state index is -4.59. The number of hydrogen-bond acceptors (Lipinski definition) is 2. The Morgan fingerprint density at radius 2 is 1.82 bits per heavy atom. The summed E-state index contributed by atoms with van der Waals surface area (Å²) >= 11 is 5.93. The molecule has 4 nitrogen and oxygen atoms in total. The van der Waals surface area contributed by atoms with Crippen molar-refractivity contribution < 1.29 is 18.0 Å². The highest BCUT2D eigenvalue weighted by Gasteiger charge is 2.36. The van der Waals surface area contributed by atoms with E-state index in [1.165, 1.54) is 23.1 Å². The van der Waals surface area contributed by atoms with Crippen molar-refractivity contribution in [2.45, 2.75) is 19.1 Å². The first-order valence-corrected chi connectivity index (χ1v) is 9.00. The van der Waals surface area contributed by atoms with Crippen LogP contribution in [-0.2, 0) is 19.1 Å². The van der Waals surface area contributed by atoms with E-state index in [0.717, 1.165) is 22.9 Å². The van der Waals surface area contributed by atoms with Gasteiger partial charge in [-0.25, -0.2) is 0 Å². The Morgan fingerprint density at radius 1 is 1.11 bits per heavy atom. The molecule has 0 saturated carbocycles. The molecule has 144 valence electrons. The lowest BCUT2D eigenvalue weighted by Gasteiger charge is -2.28. The van der Waals surface area contributed by atoms with Gasteiger partial charge in [-0.3, -0.25) is 9.89 Å². The zero-order chi connectivity index (χ0) is 19.9. The standard InChI is InChI=1S/C20H15ClF3N3O/c21-13-7-5-12(6-8-13)18-15-11-27(10-9-17(15)25-26-18)19(28)14-3-1-2-4-16(14)20(22,23)24/h1-8H,9-11H2,(H,25,26). The van der Waals surface area contributed by atoms with Gasteiger partial charge in [0, 0.05) is 41.4 Å². The molecule has 0 saturated heterocycles. The maximum absolute atomic E-state index is 13.3. The van der Waals surface area contributed by atoms with Crippen molar-refractivity contribution in [3.63, 3.8) is 0 Å². The van der Waals surface area contributed by atoms with Crippen LogP contribution in [0.5, 0.6) is 0 Å². The van der Waals surface area contributed by atoms with Gasteiger partial charge >= 0.3 is 6.18 Å². The first-order valence-electron chi connectivity index (χ1n) is 8.62. The highest BCUT2D eigenvalue weighted by molar-refractivity contribution is 6.30. The van der Waals surface area contributed by atoms with Crippen molar-refractivity contribution in [3.05, 3.63) is 75.9 Å². The van der Waals surface area contributed by atoms with Gasteiger partial charge in [-0.2, -0.15) is 18.3 Å². The number of amides is 1. The molecule has 1 aliphatic rings. The van der Waals surface area contributed by atoms with E-state index in [0.29, 0.717) is 23.7 Å². The summed E-state index contributed by atoms with van der Waals surface area (Å²) in [5.74, 6) is -0.637. The number of nitrogens with one attached hydrogen (secondary N) is 1. The van der Waals surface area contributed by atoms with Gasteiger partial charge in [0.1, 0.15) is 0 Å². The van der Waals surface area contributed by atoms with E-state index in [1.807, 2.05) is 12.1 Å². The van der Waals surface area contributed by atoms with Crippen molar-refractivity contribution in [2.75, 3.05) is 6.54 Å². The minimum absolute atomic E-state index is 0.189. The predicted octanol–water partition coefficient (Wildman–Crippen LogP) is 4.95. The van der Waals surface area contributed by atoms with Gasteiger partial charge in [0.05, 0.1) is 16.8 Å². The summed E-state index contributed by atoms with van der Waals surface area (Å²) in [7, 11) is 0. The summed E-state index contributed by atoms with van der Waals surface area (Å²) in [4.78, 5) is 14.3. The van der Waals surface area contributed by atoms with E-state index in [-0.39, 0.29) is 12.1 Å². The zero-order valence-electron chi connectivity index (χ0n) is 14.6. The molecule has 0 fully saturated rings. The molecule has 0 radical (unpaired) electrons. The van der Waals surface area contributed by atoms with Gasteiger partial charge in [0.2, 0.25) is 0 Å². The number of rotatable bonds is 2. The van der Waals surface area contributed by atoms with Crippen LogP contribution in [0.4, 0.5) is 13.2 Å². The Kier molecular flexibility index (Phi) is 4.63. The Labute approximate surface area is 163 Å². The van der Waals surface area contributed by atoms with E-state index < -0.39 is 17.6 Å². The number of H-pyrrole nitrogens is 1. The lowest BCUT2D eigenvalue weighted by molar-refractivity contribution is -0.138. The third-order valence-corrected chi connectivity index (χ3v) is 5.05. The molecule has 8 heteroatoms. The monoisotopic (exact) mass is 405 g/mol. The third-order valence-electron chi connectivity index (χ3n) is 4.80. The summed E-state index contributed by atoms with van der Waals surface area (Å²) in [6.45, 7) is 0.509. The van der Waals surface area contributed by atoms with Crippen LogP contribution in [0.25, 0.3) is 11.3 Å². The molecule has 2 heterocycles. The smallest absolute Gasteiger partial charge is 0.334 e. The second-order valence-electron chi connectivity index (χ2n) is 6.56. The van der Waals surface area contributed by atoms with Gasteiger partial charge in [-0.05, 0) is 24.3 Å². The van der Waals surface area contributed by atoms with Gasteiger partial charge in [-0.1, -0.05) is 35.9 Å². The summed E-state index contributed by atoms with van der Waals surface area (Å²) in [5, 5.41) is 7.90. The number of nitrogens with zero attached hydrogens (tertiary/aromatic N) is 2. The quantitative estimate of drug-likeness (QED) is 0.656. The van der Waals surface area contributed by atoms with Crippen LogP contribution in [0.1, 0.15) is 27.2 Å². The van der Waals surface area contributed by atoms with Crippen LogP contribution >= 0.6 is 11.6 Å². The molecule has 0 bridgehead atoms. The molecule has 0 aliphatic carbocycles. The number of carbonyl (C=O) groups is 1. The highest BCUT2D eigenvalue weighted by atomic mass is 35.5. The normalized spacial score (nSPS) is 14.1. The second-order valence-corrected chi connectivity index (χ2v) is 6.99. The third kappa shape index (κ3) is 3.38. The Morgan fingerprint density at radius 3 is 2.54 bits per heavy atom. The predicted molar refractivity (Wildman–Crippen MR) is 98.9 cm³/mol. The van der Waals surface area contributed by atoms with Crippen molar-refractivity contribution in [2.24, 2.45) is 0 Å². The largest absolute Gasteiger partial charge is 0.417 e. The molecule has 0 atom stereocenters. The summed E-state index contributed by atoms with van der Waals surface area (Å²) in [5.41, 5.74) is 1.94. The highest BCUT2D eigenvalue weighted by Crippen LogP contribution is 2.34. The number of halogens is 4. The molecular formula is C20H15ClF3N3O. The summed E-state index contributed by atoms with van der Waals surface area (Å²) < 4.78 is 39.9. The molecule has 1 amide bonds. The van der Waals surface area contributed by atoms with Crippen LogP contribution in [0.3, 0.4) is 0 Å². The molecule has 2 aromatic carbocycles. The maximum atomic E-state index is 13.3. The van der Waals surface area contributed by atoms with Crippen LogP contribution in [0.15, 0.2) is 48.5 Å². The molecule has 0 unspecified atom stereocenters. The van der Waals surface area contributed by atoms with Crippen LogP contribution in [0.2, 0.25) is 5.02 Å². The van der Waals surface area contributed by atoms with E-state index in [2.05, 4.69) is 10.2 Å². The molecule has 1 N–H and O–H groups in total. The fourth-order valence-electron chi connectivity index (χ4n) is 3.40. The lowest BCUT2D eigenvalue weighted by Crippen LogP contribution is -2.37. The fraction of sp³-hybridized carbons (Fsp3) is 0.200. The number of aromatic nitrogens is 2. The lowest BCUT2D eigenvalue weighted by atomic mass is 9.99. The maximum Gasteiger partial charge on any atom is 0.417 e. The Hall–Kier alpha value is -2.80. The first-order chi connectivity index (χ1) is 13.3. The van der Waals surface area contributed by atoms with Crippen molar-refractivity contribution >= 4 is 17.5 Å². The average molecular weight is 406 g/mol. The molecule has 0 spiro atoms. The van der Waals surface area contributed by atoms with Crippen LogP contribution in [-0.4, -0.2) is 27.5 Å². The van der Waals surface area contributed by atoms with E-state index in [9.17, 15) is 18.0 Å². The minimum Gasteiger partial charge on any atom is -0.334 e. The van der Waals surface area contributed by atoms with Gasteiger partial charge in [0.15, 0.2) is 0 Å². The summed E-state index contributed by atoms with van der Waals surface area (Å²) in [6.07, 6.45) is -4.09. The topological polar surface area (TPSA) is 49.0 Å². The van der Waals surface area contributed by atoms with Crippen molar-refractivity contribution in [1.29, 1.82) is 0 Å². The van der Waals surface area contributed by atoms with Crippen LogP contribution < -0.4 is 0 Å². The molecule has 1 aromatic heterocycles. The molecule has 28 heavy (non-hydrogen) atoms. The Bertz CT molecular complexity index is 1030. The van der Waals surface area contributed by atoms with Crippen LogP contribution in [0, 0.1) is 0 Å². The van der Waals surface area contributed by atoms with Gasteiger partial charge < -0.3 is 4.90 Å². The fourth-order valence-corrected chi connectivity index (χ4v) is 3.53. The van der Waals surface area contributed by atoms with Crippen molar-refractivity contribution in [1.82, 2.24) is 15.1 Å². The number of carbonyl (C=O) groups excluding carboxylic acids is 1. The molecule has 1 aliphatic heterocycles. The number of benzene rings is 2. The van der Waals surface area contributed by atoms with E-state index in [4.69, 9.17) is 11.6 Å². The SMILES string of the molecule is O=C(c1ccccc1C(F)(F)F)N1CCc2[nH]nc(-c3ccc(Cl)cc3)c2C1. The van der Waals surface area contributed by atoms with Gasteiger partial charge in [-0.15, -0.1) is 0 Å². The van der Waals surface area contributed by atoms with Gasteiger partial charge in [0.25, 0.3) is 5.91 Å².